The molecule has 2 aliphatic rings. The van der Waals surface area contributed by atoms with Crippen LogP contribution in [0.4, 0.5) is 4.79 Å². The first-order valence-corrected chi connectivity index (χ1v) is 9.63. The molecule has 6 nitrogen and oxygen atoms in total. The second-order valence-corrected chi connectivity index (χ2v) is 6.93. The number of amides is 2. The van der Waals surface area contributed by atoms with Crippen LogP contribution < -0.4 is 10.6 Å². The van der Waals surface area contributed by atoms with Gasteiger partial charge in [0.25, 0.3) is 0 Å². The van der Waals surface area contributed by atoms with Gasteiger partial charge in [0.05, 0.1) is 13.0 Å². The lowest BCUT2D eigenvalue weighted by Gasteiger charge is -2.38. The molecule has 2 N–H and O–H groups in total. The Morgan fingerprint density at radius 2 is 1.83 bits per heavy atom. The number of urea groups is 1. The minimum Gasteiger partial charge on any atom is -0.466 e. The van der Waals surface area contributed by atoms with Crippen LogP contribution in [0.3, 0.4) is 0 Å². The van der Waals surface area contributed by atoms with Crippen molar-refractivity contribution in [3.63, 3.8) is 0 Å². The van der Waals surface area contributed by atoms with E-state index in [1.165, 1.54) is 38.5 Å². The van der Waals surface area contributed by atoms with E-state index in [2.05, 4.69) is 15.5 Å². The van der Waals surface area contributed by atoms with Crippen molar-refractivity contribution in [2.24, 2.45) is 0 Å². The van der Waals surface area contributed by atoms with Gasteiger partial charge in [-0.1, -0.05) is 25.7 Å². The quantitative estimate of drug-likeness (QED) is 0.576. The third-order valence-corrected chi connectivity index (χ3v) is 5.05. The highest BCUT2D eigenvalue weighted by Crippen LogP contribution is 2.24. The summed E-state index contributed by atoms with van der Waals surface area (Å²) >= 11 is 0. The molecule has 138 valence electrons. The zero-order valence-electron chi connectivity index (χ0n) is 15.0. The largest absolute Gasteiger partial charge is 0.466 e. The van der Waals surface area contributed by atoms with E-state index in [0.717, 1.165) is 25.9 Å². The molecule has 1 saturated carbocycles. The van der Waals surface area contributed by atoms with Gasteiger partial charge in [0.15, 0.2) is 0 Å². The van der Waals surface area contributed by atoms with Crippen LogP contribution in [0.25, 0.3) is 0 Å². The molecule has 2 rings (SSSR count). The van der Waals surface area contributed by atoms with Gasteiger partial charge in [0.1, 0.15) is 0 Å². The Bertz CT molecular complexity index is 395. The lowest BCUT2D eigenvalue weighted by atomic mass is 10.00. The lowest BCUT2D eigenvalue weighted by Crippen LogP contribution is -2.53. The van der Waals surface area contributed by atoms with Crippen molar-refractivity contribution in [1.29, 1.82) is 0 Å². The molecule has 0 bridgehead atoms. The van der Waals surface area contributed by atoms with Gasteiger partial charge in [0.2, 0.25) is 0 Å². The standard InChI is InChI=1S/C18H33N3O3/c1-2-24-17(22)11-12-19-18(23)20-15-8-7-13-21(14-15)16-9-5-3-4-6-10-16/h15-16H,2-14H2,1H3,(H2,19,20,23). The van der Waals surface area contributed by atoms with Crippen LogP contribution in [0.1, 0.15) is 64.7 Å². The van der Waals surface area contributed by atoms with Gasteiger partial charge >= 0.3 is 12.0 Å². The number of carbonyl (C=O) groups is 2. The van der Waals surface area contributed by atoms with E-state index in [1.807, 2.05) is 0 Å². The first-order chi connectivity index (χ1) is 11.7. The predicted molar refractivity (Wildman–Crippen MR) is 93.9 cm³/mol. The van der Waals surface area contributed by atoms with Gasteiger partial charge in [0, 0.05) is 25.2 Å². The minimum absolute atomic E-state index is 0.174. The Hall–Kier alpha value is -1.30. The Morgan fingerprint density at radius 1 is 1.08 bits per heavy atom. The van der Waals surface area contributed by atoms with Gasteiger partial charge in [-0.05, 0) is 39.2 Å². The Labute approximate surface area is 145 Å². The number of likely N-dealkylation sites (tertiary alicyclic amines) is 1. The van der Waals surface area contributed by atoms with Crippen molar-refractivity contribution in [2.45, 2.75) is 76.8 Å². The number of piperidine rings is 1. The molecule has 1 unspecified atom stereocenters. The monoisotopic (exact) mass is 339 g/mol. The number of hydrogen-bond donors (Lipinski definition) is 2. The second kappa shape index (κ2) is 10.5. The first-order valence-electron chi connectivity index (χ1n) is 9.63. The van der Waals surface area contributed by atoms with Crippen LogP contribution in [-0.4, -0.2) is 55.2 Å². The van der Waals surface area contributed by atoms with Gasteiger partial charge in [-0.25, -0.2) is 4.79 Å². The maximum absolute atomic E-state index is 12.0. The number of rotatable bonds is 6. The molecule has 2 fully saturated rings. The van der Waals surface area contributed by atoms with Crippen LogP contribution in [-0.2, 0) is 9.53 Å². The summed E-state index contributed by atoms with van der Waals surface area (Å²) in [4.78, 5) is 25.8. The smallest absolute Gasteiger partial charge is 0.315 e. The van der Waals surface area contributed by atoms with Gasteiger partial charge < -0.3 is 15.4 Å². The average Bonchev–Trinajstić information content (AvgIpc) is 2.84. The van der Waals surface area contributed by atoms with Crippen LogP contribution in [0.15, 0.2) is 0 Å². The highest BCUT2D eigenvalue weighted by Gasteiger charge is 2.27. The summed E-state index contributed by atoms with van der Waals surface area (Å²) in [5.74, 6) is -0.269. The molecule has 6 heteroatoms. The number of nitrogens with zero attached hydrogens (tertiary/aromatic N) is 1. The number of ether oxygens (including phenoxy) is 1. The van der Waals surface area contributed by atoms with Crippen molar-refractivity contribution in [2.75, 3.05) is 26.2 Å². The molecule has 1 aliphatic heterocycles. The Morgan fingerprint density at radius 3 is 2.54 bits per heavy atom. The SMILES string of the molecule is CCOC(=O)CCNC(=O)NC1CCCN(C2CCCCCC2)C1. The first kappa shape index (κ1) is 19.0. The van der Waals surface area contributed by atoms with Crippen molar-refractivity contribution < 1.29 is 14.3 Å². The summed E-state index contributed by atoms with van der Waals surface area (Å²) in [6, 6.07) is 0.737. The van der Waals surface area contributed by atoms with Gasteiger partial charge in [-0.15, -0.1) is 0 Å². The second-order valence-electron chi connectivity index (χ2n) is 6.93. The molecule has 0 aromatic heterocycles. The van der Waals surface area contributed by atoms with E-state index in [0.29, 0.717) is 19.2 Å². The molecule has 2 amide bonds. The van der Waals surface area contributed by atoms with Crippen molar-refractivity contribution in [3.05, 3.63) is 0 Å². The van der Waals surface area contributed by atoms with E-state index in [1.54, 1.807) is 6.92 Å². The fourth-order valence-electron chi connectivity index (χ4n) is 3.83. The van der Waals surface area contributed by atoms with Crippen molar-refractivity contribution >= 4 is 12.0 Å². The Kier molecular flexibility index (Phi) is 8.36. The zero-order chi connectivity index (χ0) is 17.2. The van der Waals surface area contributed by atoms with Crippen LogP contribution in [0, 0.1) is 0 Å². The summed E-state index contributed by atoms with van der Waals surface area (Å²) in [7, 11) is 0. The summed E-state index contributed by atoms with van der Waals surface area (Å²) in [6.07, 6.45) is 10.4. The third kappa shape index (κ3) is 6.67. The topological polar surface area (TPSA) is 70.7 Å². The van der Waals surface area contributed by atoms with E-state index in [-0.39, 0.29) is 24.5 Å². The van der Waals surface area contributed by atoms with E-state index >= 15 is 0 Å². The molecule has 0 aromatic carbocycles. The molecule has 24 heavy (non-hydrogen) atoms. The maximum Gasteiger partial charge on any atom is 0.315 e. The summed E-state index contributed by atoms with van der Waals surface area (Å²) < 4.78 is 4.85. The molecule has 0 spiro atoms. The highest BCUT2D eigenvalue weighted by atomic mass is 16.5. The maximum atomic E-state index is 12.0. The van der Waals surface area contributed by atoms with Crippen molar-refractivity contribution in [3.8, 4) is 0 Å². The summed E-state index contributed by atoms with van der Waals surface area (Å²) in [5.41, 5.74) is 0. The number of carbonyl (C=O) groups excluding carboxylic acids is 2. The summed E-state index contributed by atoms with van der Waals surface area (Å²) in [6.45, 7) is 4.60. The van der Waals surface area contributed by atoms with Crippen molar-refractivity contribution in [1.82, 2.24) is 15.5 Å². The predicted octanol–water partition coefficient (Wildman–Crippen LogP) is 2.43. The molecule has 1 saturated heterocycles. The fourth-order valence-corrected chi connectivity index (χ4v) is 3.83. The minimum atomic E-state index is -0.269. The van der Waals surface area contributed by atoms with Gasteiger partial charge in [-0.3, -0.25) is 9.69 Å². The van der Waals surface area contributed by atoms with Crippen LogP contribution in [0.5, 0.6) is 0 Å². The molecule has 1 aliphatic carbocycles. The zero-order valence-corrected chi connectivity index (χ0v) is 15.0. The number of esters is 1. The highest BCUT2D eigenvalue weighted by molar-refractivity contribution is 5.75. The van der Waals surface area contributed by atoms with E-state index in [4.69, 9.17) is 4.74 Å². The fraction of sp³-hybridized carbons (Fsp3) is 0.889. The molecule has 1 atom stereocenters. The van der Waals surface area contributed by atoms with Crippen LogP contribution >= 0.6 is 0 Å². The molecule has 0 radical (unpaired) electrons. The number of nitrogens with one attached hydrogen (secondary N) is 2. The summed E-state index contributed by atoms with van der Waals surface area (Å²) in [5, 5.41) is 5.82. The molecular weight excluding hydrogens is 306 g/mol. The molecular formula is C18H33N3O3. The average molecular weight is 339 g/mol. The Balaban J connectivity index is 1.68. The third-order valence-electron chi connectivity index (χ3n) is 5.05. The number of hydrogen-bond acceptors (Lipinski definition) is 4. The lowest BCUT2D eigenvalue weighted by molar-refractivity contribution is -0.142. The van der Waals surface area contributed by atoms with Crippen LogP contribution in [0.2, 0.25) is 0 Å². The van der Waals surface area contributed by atoms with E-state index < -0.39 is 0 Å². The molecule has 0 aromatic rings. The molecule has 1 heterocycles. The van der Waals surface area contributed by atoms with E-state index in [9.17, 15) is 9.59 Å². The normalized spacial score (nSPS) is 23.3. The van der Waals surface area contributed by atoms with Gasteiger partial charge in [-0.2, -0.15) is 0 Å².